The lowest BCUT2D eigenvalue weighted by Gasteiger charge is -2.00. The van der Waals surface area contributed by atoms with Crippen molar-refractivity contribution >= 4 is 17.7 Å². The first-order chi connectivity index (χ1) is 10.1. The van der Waals surface area contributed by atoms with Crippen LogP contribution < -0.4 is 4.57 Å². The van der Waals surface area contributed by atoms with Crippen LogP contribution in [0.5, 0.6) is 0 Å². The van der Waals surface area contributed by atoms with Crippen molar-refractivity contribution in [1.29, 1.82) is 0 Å². The Hall–Kier alpha value is -3.09. The molecule has 1 N–H and O–H groups in total. The van der Waals surface area contributed by atoms with E-state index < -0.39 is 4.92 Å². The first-order valence-electron chi connectivity index (χ1n) is 6.05. The lowest BCUT2D eigenvalue weighted by Crippen LogP contribution is -2.41. The van der Waals surface area contributed by atoms with Crippen molar-refractivity contribution < 1.29 is 19.5 Å². The molecule has 21 heavy (non-hydrogen) atoms. The molecule has 0 amide bonds. The van der Waals surface area contributed by atoms with Gasteiger partial charge in [0.15, 0.2) is 6.20 Å². The summed E-state index contributed by atoms with van der Waals surface area (Å²) in [6.45, 7) is -0.0106. The maximum atomic E-state index is 12.2. The van der Waals surface area contributed by atoms with E-state index in [1.807, 2.05) is 0 Å². The van der Waals surface area contributed by atoms with Gasteiger partial charge in [0, 0.05) is 29.8 Å². The molecule has 0 bridgehead atoms. The number of rotatable bonds is 5. The van der Waals surface area contributed by atoms with Gasteiger partial charge >= 0.3 is 0 Å². The van der Waals surface area contributed by atoms with E-state index >= 15 is 0 Å². The van der Waals surface area contributed by atoms with Crippen molar-refractivity contribution in [3.63, 3.8) is 0 Å². The highest BCUT2D eigenvalue weighted by Crippen LogP contribution is 2.13. The van der Waals surface area contributed by atoms with Crippen molar-refractivity contribution in [3.8, 4) is 0 Å². The molecule has 0 aliphatic rings. The zero-order valence-electron chi connectivity index (χ0n) is 10.9. The topological polar surface area (TPSA) is 96.7 Å². The molecule has 0 radical (unpaired) electrons. The highest BCUT2D eigenvalue weighted by atomic mass is 16.6. The van der Waals surface area contributed by atoms with Crippen molar-refractivity contribution in [3.05, 3.63) is 70.0 Å². The second-order valence-electron chi connectivity index (χ2n) is 4.23. The van der Waals surface area contributed by atoms with Gasteiger partial charge in [0.2, 0.25) is 18.0 Å². The average molecular weight is 286 g/mol. The molecule has 0 fully saturated rings. The van der Waals surface area contributed by atoms with Gasteiger partial charge in [-0.15, -0.1) is 0 Å². The Balaban J connectivity index is 2.26. The lowest BCUT2D eigenvalue weighted by molar-refractivity contribution is -0.684. The summed E-state index contributed by atoms with van der Waals surface area (Å²) in [5.74, 6) is -0.275. The third kappa shape index (κ3) is 3.47. The highest BCUT2D eigenvalue weighted by molar-refractivity contribution is 5.95. The summed E-state index contributed by atoms with van der Waals surface area (Å²) in [7, 11) is 0. The Kier molecular flexibility index (Phi) is 4.35. The summed E-state index contributed by atoms with van der Waals surface area (Å²) in [6.07, 6.45) is 2.87. The van der Waals surface area contributed by atoms with Crippen LogP contribution in [0.4, 0.5) is 5.69 Å². The number of oxime groups is 1. The Morgan fingerprint density at radius 1 is 1.33 bits per heavy atom. The van der Waals surface area contributed by atoms with Crippen LogP contribution in [0, 0.1) is 10.1 Å². The molecule has 106 valence electrons. The second-order valence-corrected chi connectivity index (χ2v) is 4.23. The number of nitro benzene ring substituents is 1. The largest absolute Gasteiger partial charge is 0.411 e. The van der Waals surface area contributed by atoms with Crippen LogP contribution in [0.3, 0.4) is 0 Å². The van der Waals surface area contributed by atoms with Gasteiger partial charge in [0.1, 0.15) is 6.21 Å². The molecule has 2 aromatic rings. The maximum absolute atomic E-state index is 12.2. The molecule has 0 saturated carbocycles. The number of hydrogen-bond donors (Lipinski definition) is 1. The van der Waals surface area contributed by atoms with Crippen molar-refractivity contribution in [2.75, 3.05) is 0 Å². The third-order valence-electron chi connectivity index (χ3n) is 2.86. The average Bonchev–Trinajstić information content (AvgIpc) is 2.49. The van der Waals surface area contributed by atoms with Crippen LogP contribution in [0.1, 0.15) is 16.1 Å². The van der Waals surface area contributed by atoms with Crippen molar-refractivity contribution in [2.24, 2.45) is 5.16 Å². The SMILES string of the molecule is O=C(C[n+]1ccccc1C=NO)c1cccc([N+](=O)[O-])c1. The predicted molar refractivity (Wildman–Crippen MR) is 73.4 cm³/mol. The molecule has 0 aliphatic carbocycles. The normalized spacial score (nSPS) is 10.7. The van der Waals surface area contributed by atoms with Gasteiger partial charge < -0.3 is 5.21 Å². The summed E-state index contributed by atoms with van der Waals surface area (Å²) in [6, 6.07) is 10.7. The monoisotopic (exact) mass is 286 g/mol. The molecule has 0 aliphatic heterocycles. The summed E-state index contributed by atoms with van der Waals surface area (Å²) >= 11 is 0. The van der Waals surface area contributed by atoms with Gasteiger partial charge in [0.25, 0.3) is 5.69 Å². The summed E-state index contributed by atoms with van der Waals surface area (Å²) in [5.41, 5.74) is 0.669. The number of carbonyl (C=O) groups is 1. The molecule has 1 heterocycles. The Labute approximate surface area is 119 Å². The quantitative estimate of drug-likeness (QED) is 0.225. The van der Waals surface area contributed by atoms with Gasteiger partial charge in [0.05, 0.1) is 4.92 Å². The van der Waals surface area contributed by atoms with E-state index in [-0.39, 0.29) is 23.6 Å². The number of carbonyl (C=O) groups excluding carboxylic acids is 1. The maximum Gasteiger partial charge on any atom is 0.270 e. The van der Waals surface area contributed by atoms with Crippen LogP contribution >= 0.6 is 0 Å². The van der Waals surface area contributed by atoms with Crippen LogP contribution in [-0.2, 0) is 6.54 Å². The molecule has 7 nitrogen and oxygen atoms in total. The summed E-state index contributed by atoms with van der Waals surface area (Å²) < 4.78 is 1.58. The van der Waals surface area contributed by atoms with E-state index in [0.29, 0.717) is 5.69 Å². The number of non-ortho nitro benzene ring substituents is 1. The van der Waals surface area contributed by atoms with Crippen LogP contribution in [0.2, 0.25) is 0 Å². The fourth-order valence-corrected chi connectivity index (χ4v) is 1.85. The van der Waals surface area contributed by atoms with E-state index in [9.17, 15) is 14.9 Å². The zero-order valence-corrected chi connectivity index (χ0v) is 10.9. The molecule has 0 spiro atoms. The molecule has 0 unspecified atom stereocenters. The molecule has 1 aromatic heterocycles. The number of aromatic nitrogens is 1. The fourth-order valence-electron chi connectivity index (χ4n) is 1.85. The van der Waals surface area contributed by atoms with Gasteiger partial charge in [-0.3, -0.25) is 14.9 Å². The zero-order chi connectivity index (χ0) is 15.2. The van der Waals surface area contributed by atoms with Crippen molar-refractivity contribution in [1.82, 2.24) is 0 Å². The van der Waals surface area contributed by atoms with Gasteiger partial charge in [-0.1, -0.05) is 17.3 Å². The number of nitro groups is 1. The smallest absolute Gasteiger partial charge is 0.270 e. The molecular weight excluding hydrogens is 274 g/mol. The minimum Gasteiger partial charge on any atom is -0.411 e. The highest BCUT2D eigenvalue weighted by Gasteiger charge is 2.17. The Morgan fingerprint density at radius 3 is 2.86 bits per heavy atom. The minimum absolute atomic E-state index is 0.0106. The van der Waals surface area contributed by atoms with E-state index in [1.54, 1.807) is 29.0 Å². The summed E-state index contributed by atoms with van der Waals surface area (Å²) in [4.78, 5) is 22.4. The Bertz CT molecular complexity index is 713. The van der Waals surface area contributed by atoms with Gasteiger partial charge in [-0.2, -0.15) is 4.57 Å². The van der Waals surface area contributed by atoms with E-state index in [1.165, 1.54) is 30.5 Å². The van der Waals surface area contributed by atoms with Crippen LogP contribution in [0.25, 0.3) is 0 Å². The molecule has 0 atom stereocenters. The van der Waals surface area contributed by atoms with Gasteiger partial charge in [-0.25, -0.2) is 0 Å². The summed E-state index contributed by atoms with van der Waals surface area (Å²) in [5, 5.41) is 22.2. The number of Topliss-reactive ketones (excluding diaryl/α,β-unsaturated/α-hetero) is 1. The predicted octanol–water partition coefficient (Wildman–Crippen LogP) is 1.57. The molecule has 7 heteroatoms. The molecular formula is C14H12N3O4+. The minimum atomic E-state index is -0.545. The number of ketones is 1. The van der Waals surface area contributed by atoms with E-state index in [0.717, 1.165) is 0 Å². The third-order valence-corrected chi connectivity index (χ3v) is 2.86. The molecule has 1 aromatic carbocycles. The van der Waals surface area contributed by atoms with E-state index in [4.69, 9.17) is 5.21 Å². The van der Waals surface area contributed by atoms with Crippen molar-refractivity contribution in [2.45, 2.75) is 6.54 Å². The molecule has 2 rings (SSSR count). The van der Waals surface area contributed by atoms with E-state index in [2.05, 4.69) is 5.16 Å². The standard InChI is InChI=1S/C14H11N3O4/c18-14(11-4-3-6-12(8-11)17(20)21)10-16-7-2-1-5-13(16)9-15-19/h1-9H,10H2/p+1. The second kappa shape index (κ2) is 6.38. The number of nitrogens with zero attached hydrogens (tertiary/aromatic N) is 3. The first kappa shape index (κ1) is 14.3. The molecule has 0 saturated heterocycles. The van der Waals surface area contributed by atoms with Crippen LogP contribution in [0.15, 0.2) is 53.8 Å². The lowest BCUT2D eigenvalue weighted by atomic mass is 10.1. The fraction of sp³-hybridized carbons (Fsp3) is 0.0714. The Morgan fingerprint density at radius 2 is 2.14 bits per heavy atom. The number of pyridine rings is 1. The van der Waals surface area contributed by atoms with Gasteiger partial charge in [-0.05, 0) is 6.07 Å². The number of benzene rings is 1. The number of hydrogen-bond acceptors (Lipinski definition) is 5. The first-order valence-corrected chi connectivity index (χ1v) is 6.05. The van der Waals surface area contributed by atoms with Crippen LogP contribution in [-0.4, -0.2) is 22.1 Å².